The first-order valence-electron chi connectivity index (χ1n) is 9.24. The van der Waals surface area contributed by atoms with Gasteiger partial charge in [0.25, 0.3) is 0 Å². The molecule has 0 aliphatic heterocycles. The fourth-order valence-electron chi connectivity index (χ4n) is 5.17. The lowest BCUT2D eigenvalue weighted by atomic mass is 9.52. The molecule has 0 amide bonds. The first-order chi connectivity index (χ1) is 12.5. The predicted octanol–water partition coefficient (Wildman–Crippen LogP) is 3.60. The molecule has 0 aromatic heterocycles. The Balaban J connectivity index is 1.74. The first kappa shape index (κ1) is 17.4. The quantitative estimate of drug-likeness (QED) is 0.881. The number of methoxy groups -OCH3 is 2. The molecule has 2 bridgehead atoms. The zero-order valence-electron chi connectivity index (χ0n) is 15.3. The molecule has 0 radical (unpaired) electrons. The van der Waals surface area contributed by atoms with Gasteiger partial charge >= 0.3 is 0 Å². The van der Waals surface area contributed by atoms with Crippen LogP contribution in [0.3, 0.4) is 0 Å². The van der Waals surface area contributed by atoms with Crippen molar-refractivity contribution in [3.8, 4) is 11.5 Å². The number of fused-ring (bicyclic) bond motifs is 3. The van der Waals surface area contributed by atoms with E-state index in [1.165, 1.54) is 0 Å². The highest BCUT2D eigenvalue weighted by atomic mass is 16.5. The number of para-hydroxylation sites is 2. The Kier molecular flexibility index (Phi) is 4.20. The summed E-state index contributed by atoms with van der Waals surface area (Å²) in [4.78, 5) is 0. The van der Waals surface area contributed by atoms with Crippen molar-refractivity contribution in [2.75, 3.05) is 14.2 Å². The second kappa shape index (κ2) is 6.29. The summed E-state index contributed by atoms with van der Waals surface area (Å²) in [6.45, 7) is 0. The number of ether oxygens (including phenoxy) is 2. The van der Waals surface area contributed by atoms with Crippen LogP contribution in [0.1, 0.15) is 36.8 Å². The third-order valence-electron chi connectivity index (χ3n) is 6.48. The molecule has 4 heteroatoms. The van der Waals surface area contributed by atoms with Crippen LogP contribution >= 0.6 is 0 Å². The fourth-order valence-corrected chi connectivity index (χ4v) is 5.17. The Morgan fingerprint density at radius 1 is 0.731 bits per heavy atom. The molecule has 3 aliphatic carbocycles. The van der Waals surface area contributed by atoms with Crippen LogP contribution in [0, 0.1) is 11.8 Å². The van der Waals surface area contributed by atoms with E-state index in [1.807, 2.05) is 48.5 Å². The van der Waals surface area contributed by atoms with Crippen molar-refractivity contribution in [2.45, 2.75) is 36.9 Å². The van der Waals surface area contributed by atoms with Gasteiger partial charge < -0.3 is 19.7 Å². The number of rotatable bonds is 4. The average molecular weight is 354 g/mol. The Morgan fingerprint density at radius 2 is 1.12 bits per heavy atom. The molecular weight excluding hydrogens is 328 g/mol. The fraction of sp³-hybridized carbons (Fsp3) is 0.455. The Labute approximate surface area is 154 Å². The Morgan fingerprint density at radius 3 is 1.46 bits per heavy atom. The largest absolute Gasteiger partial charge is 0.496 e. The van der Waals surface area contributed by atoms with Gasteiger partial charge in [0.1, 0.15) is 11.5 Å². The zero-order chi connectivity index (χ0) is 18.4. The van der Waals surface area contributed by atoms with Crippen molar-refractivity contribution in [3.63, 3.8) is 0 Å². The van der Waals surface area contributed by atoms with Crippen molar-refractivity contribution in [1.82, 2.24) is 0 Å². The molecule has 4 nitrogen and oxygen atoms in total. The van der Waals surface area contributed by atoms with Gasteiger partial charge in [0.05, 0.1) is 25.4 Å². The highest BCUT2D eigenvalue weighted by Crippen LogP contribution is 2.61. The summed E-state index contributed by atoms with van der Waals surface area (Å²) in [7, 11) is 3.27. The minimum atomic E-state index is -0.968. The molecule has 138 valence electrons. The highest BCUT2D eigenvalue weighted by molar-refractivity contribution is 5.43. The van der Waals surface area contributed by atoms with Gasteiger partial charge in [0.15, 0.2) is 0 Å². The molecule has 2 aromatic rings. The van der Waals surface area contributed by atoms with E-state index in [0.29, 0.717) is 24.3 Å². The van der Waals surface area contributed by atoms with E-state index in [1.54, 1.807) is 14.2 Å². The molecule has 26 heavy (non-hydrogen) atoms. The molecule has 5 rings (SSSR count). The maximum atomic E-state index is 11.6. The SMILES string of the molecule is COc1ccccc1[C@]1(O)C[C@@H]2CC[C@H]1C[C@@]2(O)c1ccccc1OC. The zero-order valence-corrected chi connectivity index (χ0v) is 15.3. The van der Waals surface area contributed by atoms with Gasteiger partial charge in [-0.3, -0.25) is 0 Å². The smallest absolute Gasteiger partial charge is 0.124 e. The van der Waals surface area contributed by atoms with Gasteiger partial charge in [-0.1, -0.05) is 36.4 Å². The molecule has 0 saturated heterocycles. The highest BCUT2D eigenvalue weighted by Gasteiger charge is 2.58. The van der Waals surface area contributed by atoms with Crippen LogP contribution < -0.4 is 9.47 Å². The molecule has 3 fully saturated rings. The molecular formula is C22H26O4. The van der Waals surface area contributed by atoms with Gasteiger partial charge in [-0.25, -0.2) is 0 Å². The Bertz CT molecular complexity index is 737. The molecule has 2 N–H and O–H groups in total. The standard InChI is InChI=1S/C22H26O4/c1-25-19-9-5-3-7-17(19)21(23)13-16-12-11-15(21)14-22(16,24)18-8-4-6-10-20(18)26-2/h3-10,15-16,23-24H,11-14H2,1-2H3/t15-,16-,21-,22-/m0/s1. The van der Waals surface area contributed by atoms with E-state index in [9.17, 15) is 10.2 Å². The summed E-state index contributed by atoms with van der Waals surface area (Å²) in [6, 6.07) is 15.4. The lowest BCUT2D eigenvalue weighted by Crippen LogP contribution is -2.55. The summed E-state index contributed by atoms with van der Waals surface area (Å²) >= 11 is 0. The molecule has 0 spiro atoms. The van der Waals surface area contributed by atoms with Crippen LogP contribution in [0.4, 0.5) is 0 Å². The van der Waals surface area contributed by atoms with E-state index in [-0.39, 0.29) is 11.8 Å². The molecule has 3 saturated carbocycles. The number of hydrogen-bond donors (Lipinski definition) is 2. The van der Waals surface area contributed by atoms with Crippen LogP contribution in [-0.4, -0.2) is 24.4 Å². The summed E-state index contributed by atoms with van der Waals surface area (Å²) in [5, 5.41) is 23.3. The normalized spacial score (nSPS) is 33.1. The summed E-state index contributed by atoms with van der Waals surface area (Å²) < 4.78 is 11.0. The number of benzene rings is 2. The van der Waals surface area contributed by atoms with Gasteiger partial charge in [0, 0.05) is 11.1 Å². The number of aliphatic hydroxyl groups is 2. The lowest BCUT2D eigenvalue weighted by molar-refractivity contribution is -0.197. The van der Waals surface area contributed by atoms with Gasteiger partial charge in [-0.15, -0.1) is 0 Å². The molecule has 4 atom stereocenters. The minimum Gasteiger partial charge on any atom is -0.496 e. The minimum absolute atomic E-state index is 0.0290. The summed E-state index contributed by atoms with van der Waals surface area (Å²) in [5.41, 5.74) is -0.272. The molecule has 2 aromatic carbocycles. The van der Waals surface area contributed by atoms with E-state index in [4.69, 9.17) is 9.47 Å². The Hall–Kier alpha value is -2.04. The van der Waals surface area contributed by atoms with E-state index in [0.717, 1.165) is 24.0 Å². The lowest BCUT2D eigenvalue weighted by Gasteiger charge is -2.56. The van der Waals surface area contributed by atoms with Gasteiger partial charge in [0.2, 0.25) is 0 Å². The average Bonchev–Trinajstić information content (AvgIpc) is 2.69. The summed E-state index contributed by atoms with van der Waals surface area (Å²) in [5.74, 6) is 1.36. The molecule has 0 unspecified atom stereocenters. The van der Waals surface area contributed by atoms with Crippen LogP contribution in [0.5, 0.6) is 11.5 Å². The predicted molar refractivity (Wildman–Crippen MR) is 99.2 cm³/mol. The third kappa shape index (κ3) is 2.43. The maximum Gasteiger partial charge on any atom is 0.124 e. The van der Waals surface area contributed by atoms with Gasteiger partial charge in [-0.2, -0.15) is 0 Å². The molecule has 3 aliphatic rings. The maximum absolute atomic E-state index is 11.6. The topological polar surface area (TPSA) is 58.9 Å². The first-order valence-corrected chi connectivity index (χ1v) is 9.24. The van der Waals surface area contributed by atoms with E-state index >= 15 is 0 Å². The monoisotopic (exact) mass is 354 g/mol. The van der Waals surface area contributed by atoms with Crippen molar-refractivity contribution in [2.24, 2.45) is 11.8 Å². The van der Waals surface area contributed by atoms with E-state index < -0.39 is 11.2 Å². The molecule has 0 heterocycles. The van der Waals surface area contributed by atoms with Crippen molar-refractivity contribution in [3.05, 3.63) is 59.7 Å². The van der Waals surface area contributed by atoms with Crippen LogP contribution in [0.2, 0.25) is 0 Å². The van der Waals surface area contributed by atoms with Crippen LogP contribution in [0.25, 0.3) is 0 Å². The van der Waals surface area contributed by atoms with E-state index in [2.05, 4.69) is 0 Å². The van der Waals surface area contributed by atoms with Crippen LogP contribution in [-0.2, 0) is 11.2 Å². The van der Waals surface area contributed by atoms with Gasteiger partial charge in [-0.05, 0) is 49.7 Å². The second-order valence-electron chi connectivity index (χ2n) is 7.63. The second-order valence-corrected chi connectivity index (χ2v) is 7.63. The summed E-state index contributed by atoms with van der Waals surface area (Å²) in [6.07, 6.45) is 2.84. The van der Waals surface area contributed by atoms with Crippen molar-refractivity contribution in [1.29, 1.82) is 0 Å². The van der Waals surface area contributed by atoms with Crippen molar-refractivity contribution < 1.29 is 19.7 Å². The van der Waals surface area contributed by atoms with Crippen molar-refractivity contribution >= 4 is 0 Å². The third-order valence-corrected chi connectivity index (χ3v) is 6.48. The number of hydrogen-bond acceptors (Lipinski definition) is 4. The van der Waals surface area contributed by atoms with Crippen LogP contribution in [0.15, 0.2) is 48.5 Å².